The van der Waals surface area contributed by atoms with Gasteiger partial charge in [0.15, 0.2) is 5.82 Å². The lowest BCUT2D eigenvalue weighted by Gasteiger charge is -2.11. The predicted octanol–water partition coefficient (Wildman–Crippen LogP) is 3.84. The lowest BCUT2D eigenvalue weighted by Crippen LogP contribution is -2.04. The van der Waals surface area contributed by atoms with Crippen molar-refractivity contribution in [3.63, 3.8) is 0 Å². The van der Waals surface area contributed by atoms with Crippen LogP contribution in [0.25, 0.3) is 0 Å². The first-order valence-corrected chi connectivity index (χ1v) is 6.47. The third-order valence-electron chi connectivity index (χ3n) is 2.49. The molecule has 0 aliphatic carbocycles. The molecule has 0 aliphatic heterocycles. The molecule has 3 N–H and O–H groups in total. The SMILES string of the molecule is Cc1ccc(Nc2nc(Cl)nc(C)c2N)c(Br)c1. The van der Waals surface area contributed by atoms with Crippen molar-refractivity contribution in [1.29, 1.82) is 0 Å². The van der Waals surface area contributed by atoms with E-state index in [9.17, 15) is 0 Å². The van der Waals surface area contributed by atoms with Crippen molar-refractivity contribution in [3.05, 3.63) is 39.2 Å². The number of hydrogen-bond acceptors (Lipinski definition) is 4. The predicted molar refractivity (Wildman–Crippen MR) is 78.4 cm³/mol. The summed E-state index contributed by atoms with van der Waals surface area (Å²) >= 11 is 9.31. The molecule has 18 heavy (non-hydrogen) atoms. The van der Waals surface area contributed by atoms with Crippen LogP contribution >= 0.6 is 27.5 Å². The summed E-state index contributed by atoms with van der Waals surface area (Å²) in [4.78, 5) is 8.08. The molecule has 1 aromatic heterocycles. The molecule has 0 saturated heterocycles. The lowest BCUT2D eigenvalue weighted by atomic mass is 10.2. The van der Waals surface area contributed by atoms with Gasteiger partial charge in [-0.15, -0.1) is 0 Å². The average molecular weight is 328 g/mol. The van der Waals surface area contributed by atoms with Gasteiger partial charge in [-0.1, -0.05) is 6.07 Å². The van der Waals surface area contributed by atoms with Crippen LogP contribution in [0, 0.1) is 13.8 Å². The molecule has 0 atom stereocenters. The fourth-order valence-corrected chi connectivity index (χ4v) is 2.30. The van der Waals surface area contributed by atoms with E-state index >= 15 is 0 Å². The lowest BCUT2D eigenvalue weighted by molar-refractivity contribution is 1.11. The zero-order valence-electron chi connectivity index (χ0n) is 9.96. The second-order valence-electron chi connectivity index (χ2n) is 3.95. The summed E-state index contributed by atoms with van der Waals surface area (Å²) in [6.07, 6.45) is 0. The summed E-state index contributed by atoms with van der Waals surface area (Å²) in [6.45, 7) is 3.81. The Labute approximate surface area is 119 Å². The summed E-state index contributed by atoms with van der Waals surface area (Å²) in [5, 5.41) is 3.32. The van der Waals surface area contributed by atoms with Crippen molar-refractivity contribution in [2.24, 2.45) is 0 Å². The van der Waals surface area contributed by atoms with E-state index in [0.717, 1.165) is 15.7 Å². The van der Waals surface area contributed by atoms with Crippen molar-refractivity contribution in [1.82, 2.24) is 9.97 Å². The second kappa shape index (κ2) is 5.12. The van der Waals surface area contributed by atoms with Gasteiger partial charge in [0.1, 0.15) is 0 Å². The van der Waals surface area contributed by atoms with Crippen LogP contribution in [0.1, 0.15) is 11.3 Å². The van der Waals surface area contributed by atoms with E-state index in [1.807, 2.05) is 25.1 Å². The number of nitrogen functional groups attached to an aromatic ring is 1. The Morgan fingerprint density at radius 1 is 1.28 bits per heavy atom. The van der Waals surface area contributed by atoms with Gasteiger partial charge in [-0.2, -0.15) is 4.98 Å². The molecular formula is C12H12BrClN4. The number of hydrogen-bond donors (Lipinski definition) is 2. The fraction of sp³-hybridized carbons (Fsp3) is 0.167. The largest absolute Gasteiger partial charge is 0.394 e. The number of halogens is 2. The minimum absolute atomic E-state index is 0.174. The van der Waals surface area contributed by atoms with E-state index in [1.165, 1.54) is 0 Å². The van der Waals surface area contributed by atoms with E-state index in [1.54, 1.807) is 6.92 Å². The van der Waals surface area contributed by atoms with Gasteiger partial charge in [0, 0.05) is 4.47 Å². The van der Waals surface area contributed by atoms with Gasteiger partial charge < -0.3 is 11.1 Å². The number of rotatable bonds is 2. The van der Waals surface area contributed by atoms with Crippen molar-refractivity contribution in [2.45, 2.75) is 13.8 Å². The van der Waals surface area contributed by atoms with Crippen LogP contribution in [-0.2, 0) is 0 Å². The Hall–Kier alpha value is -1.33. The summed E-state index contributed by atoms with van der Waals surface area (Å²) in [6, 6.07) is 5.96. The van der Waals surface area contributed by atoms with Crippen LogP contribution in [0.3, 0.4) is 0 Å². The Morgan fingerprint density at radius 2 is 2.00 bits per heavy atom. The molecule has 0 spiro atoms. The van der Waals surface area contributed by atoms with Gasteiger partial charge in [-0.25, -0.2) is 4.98 Å². The molecule has 0 aliphatic rings. The van der Waals surface area contributed by atoms with E-state index in [0.29, 0.717) is 17.2 Å². The number of benzene rings is 1. The standard InChI is InChI=1S/C12H12BrClN4/c1-6-3-4-9(8(13)5-6)17-11-10(15)7(2)16-12(14)18-11/h3-5H,15H2,1-2H3,(H,16,17,18). The minimum atomic E-state index is 0.174. The van der Waals surface area contributed by atoms with Crippen LogP contribution in [0.2, 0.25) is 5.28 Å². The Kier molecular flexibility index (Phi) is 3.73. The first kappa shape index (κ1) is 13.1. The zero-order valence-corrected chi connectivity index (χ0v) is 12.3. The van der Waals surface area contributed by atoms with Crippen LogP contribution in [-0.4, -0.2) is 9.97 Å². The number of aromatic nitrogens is 2. The molecule has 0 bridgehead atoms. The summed E-state index contributed by atoms with van der Waals surface area (Å²) in [7, 11) is 0. The quantitative estimate of drug-likeness (QED) is 0.823. The van der Waals surface area contributed by atoms with Crippen molar-refractivity contribution >= 4 is 44.7 Å². The van der Waals surface area contributed by atoms with Gasteiger partial charge in [-0.05, 0) is 59.1 Å². The van der Waals surface area contributed by atoms with Crippen molar-refractivity contribution in [2.75, 3.05) is 11.1 Å². The molecule has 6 heteroatoms. The van der Waals surface area contributed by atoms with E-state index in [2.05, 4.69) is 31.2 Å². The number of nitrogens with one attached hydrogen (secondary N) is 1. The first-order chi connectivity index (χ1) is 8.47. The molecule has 2 rings (SSSR count). The molecule has 0 saturated carbocycles. The highest BCUT2D eigenvalue weighted by Gasteiger charge is 2.09. The molecule has 0 unspecified atom stereocenters. The topological polar surface area (TPSA) is 63.8 Å². The van der Waals surface area contributed by atoms with Gasteiger partial charge in [-0.3, -0.25) is 0 Å². The highest BCUT2D eigenvalue weighted by atomic mass is 79.9. The van der Waals surface area contributed by atoms with Gasteiger partial charge in [0.25, 0.3) is 0 Å². The van der Waals surface area contributed by atoms with Crippen molar-refractivity contribution < 1.29 is 0 Å². The Balaban J connectivity index is 2.40. The summed E-state index contributed by atoms with van der Waals surface area (Å²) in [5.74, 6) is 0.511. The second-order valence-corrected chi connectivity index (χ2v) is 5.14. The van der Waals surface area contributed by atoms with E-state index < -0.39 is 0 Å². The Bertz CT molecular complexity index is 601. The highest BCUT2D eigenvalue weighted by Crippen LogP contribution is 2.29. The number of anilines is 3. The molecule has 94 valence electrons. The molecule has 4 nitrogen and oxygen atoms in total. The maximum absolute atomic E-state index is 5.92. The zero-order chi connectivity index (χ0) is 13.3. The summed E-state index contributed by atoms with van der Waals surface area (Å²) in [5.41, 5.74) is 9.10. The third kappa shape index (κ3) is 2.73. The molecule has 2 aromatic rings. The summed E-state index contributed by atoms with van der Waals surface area (Å²) < 4.78 is 0.939. The van der Waals surface area contributed by atoms with Crippen LogP contribution < -0.4 is 11.1 Å². The smallest absolute Gasteiger partial charge is 0.224 e. The molecule has 1 aromatic carbocycles. The van der Waals surface area contributed by atoms with E-state index in [-0.39, 0.29) is 5.28 Å². The van der Waals surface area contributed by atoms with Gasteiger partial charge in [0.05, 0.1) is 17.1 Å². The molecular weight excluding hydrogens is 316 g/mol. The first-order valence-electron chi connectivity index (χ1n) is 5.30. The number of aryl methyl sites for hydroxylation is 2. The van der Waals surface area contributed by atoms with Gasteiger partial charge in [0.2, 0.25) is 5.28 Å². The van der Waals surface area contributed by atoms with Crippen LogP contribution in [0.15, 0.2) is 22.7 Å². The van der Waals surface area contributed by atoms with E-state index in [4.69, 9.17) is 17.3 Å². The van der Waals surface area contributed by atoms with Gasteiger partial charge >= 0.3 is 0 Å². The number of nitrogens with zero attached hydrogens (tertiary/aromatic N) is 2. The molecule has 0 amide bonds. The van der Waals surface area contributed by atoms with Crippen molar-refractivity contribution in [3.8, 4) is 0 Å². The van der Waals surface area contributed by atoms with Crippen LogP contribution in [0.4, 0.5) is 17.2 Å². The average Bonchev–Trinajstić information content (AvgIpc) is 2.29. The molecule has 0 fully saturated rings. The Morgan fingerprint density at radius 3 is 2.67 bits per heavy atom. The maximum atomic E-state index is 5.92. The normalized spacial score (nSPS) is 10.4. The number of nitrogens with two attached hydrogens (primary N) is 1. The fourth-order valence-electron chi connectivity index (χ4n) is 1.49. The molecule has 1 heterocycles. The monoisotopic (exact) mass is 326 g/mol. The van der Waals surface area contributed by atoms with Crippen LogP contribution in [0.5, 0.6) is 0 Å². The highest BCUT2D eigenvalue weighted by molar-refractivity contribution is 9.10. The minimum Gasteiger partial charge on any atom is -0.394 e. The maximum Gasteiger partial charge on any atom is 0.224 e. The third-order valence-corrected chi connectivity index (χ3v) is 3.31. The molecule has 0 radical (unpaired) electrons.